The number of fused-ring (bicyclic) bond motifs is 1. The molecule has 2 rings (SSSR count). The maximum absolute atomic E-state index is 7.34. The molecule has 0 aliphatic heterocycles. The molecule has 0 saturated heterocycles. The molecule has 0 aliphatic carbocycles. The first-order valence-corrected chi connectivity index (χ1v) is 2.83. The highest BCUT2D eigenvalue weighted by Crippen LogP contribution is 1.93. The van der Waals surface area contributed by atoms with Crippen LogP contribution >= 0.6 is 0 Å². The molecule has 0 aromatic carbocycles. The van der Waals surface area contributed by atoms with Crippen molar-refractivity contribution in [3.63, 3.8) is 0 Å². The van der Waals surface area contributed by atoms with Crippen molar-refractivity contribution in [2.24, 2.45) is 0 Å². The fraction of sp³-hybridized carbons (Fsp3) is 0. The van der Waals surface area contributed by atoms with Gasteiger partial charge >= 0.3 is 5.84 Å². The van der Waals surface area contributed by atoms with Crippen LogP contribution in [0.4, 0.5) is 0 Å². The van der Waals surface area contributed by atoms with Gasteiger partial charge in [0.05, 0.1) is 6.20 Å². The van der Waals surface area contributed by atoms with Gasteiger partial charge < -0.3 is 4.42 Å². The fourth-order valence-electron chi connectivity index (χ4n) is 0.801. The second-order valence-electron chi connectivity index (χ2n) is 1.89. The lowest BCUT2D eigenvalue weighted by Crippen LogP contribution is -2.09. The van der Waals surface area contributed by atoms with E-state index in [1.807, 2.05) is 0 Å². The largest absolute Gasteiger partial charge is 0.432 e. The molecule has 2 aromatic heterocycles. The highest BCUT2D eigenvalue weighted by molar-refractivity contribution is 5.19. The number of rotatable bonds is 0. The van der Waals surface area contributed by atoms with Gasteiger partial charge in [-0.25, -0.2) is 4.98 Å². The summed E-state index contributed by atoms with van der Waals surface area (Å²) in [5.41, 5.74) is 0.374. The molecule has 2 heterocycles. The standard InChI is InChI=1S/C6H5N3O/c7-5-1-2-8-6-9(5)3-4-10-6/h1-4,7H. The molecule has 0 amide bonds. The molecule has 0 unspecified atom stereocenters. The Morgan fingerprint density at radius 2 is 2.50 bits per heavy atom. The van der Waals surface area contributed by atoms with Crippen LogP contribution in [-0.2, 0) is 0 Å². The molecule has 0 radical (unpaired) electrons. The van der Waals surface area contributed by atoms with Gasteiger partial charge in [-0.3, -0.25) is 9.81 Å². The highest BCUT2D eigenvalue weighted by atomic mass is 16.3. The molecular weight excluding hydrogens is 130 g/mol. The molecule has 50 valence electrons. The molecule has 4 nitrogen and oxygen atoms in total. The normalized spacial score (nSPS) is 10.4. The lowest BCUT2D eigenvalue weighted by Gasteiger charge is -1.86. The molecule has 0 bridgehead atoms. The summed E-state index contributed by atoms with van der Waals surface area (Å²) in [6.07, 6.45) is 4.70. The minimum absolute atomic E-state index is 0.374. The number of nitrogens with zero attached hydrogens (tertiary/aromatic N) is 2. The van der Waals surface area contributed by atoms with E-state index in [-0.39, 0.29) is 0 Å². The number of oxazole rings is 1. The molecule has 0 fully saturated rings. The molecule has 0 spiro atoms. The molecule has 2 aromatic rings. The summed E-state index contributed by atoms with van der Waals surface area (Å²) < 4.78 is 6.49. The first kappa shape index (κ1) is 5.22. The van der Waals surface area contributed by atoms with Crippen molar-refractivity contribution in [2.75, 3.05) is 0 Å². The second kappa shape index (κ2) is 1.70. The van der Waals surface area contributed by atoms with Crippen molar-refractivity contribution in [3.8, 4) is 0 Å². The van der Waals surface area contributed by atoms with Crippen molar-refractivity contribution < 1.29 is 4.42 Å². The van der Waals surface area contributed by atoms with Crippen LogP contribution in [0.3, 0.4) is 0 Å². The maximum atomic E-state index is 7.34. The predicted octanol–water partition coefficient (Wildman–Crippen LogP) is 0.407. The van der Waals surface area contributed by atoms with E-state index in [9.17, 15) is 0 Å². The van der Waals surface area contributed by atoms with Gasteiger partial charge in [-0.15, -0.1) is 0 Å². The summed E-state index contributed by atoms with van der Waals surface area (Å²) in [5.74, 6) is 0.451. The summed E-state index contributed by atoms with van der Waals surface area (Å²) in [7, 11) is 0. The zero-order valence-electron chi connectivity index (χ0n) is 5.11. The van der Waals surface area contributed by atoms with Gasteiger partial charge in [0.25, 0.3) is 0 Å². The minimum Gasteiger partial charge on any atom is -0.432 e. The Labute approximate surface area is 56.3 Å². The number of hydrogen-bond donors (Lipinski definition) is 1. The summed E-state index contributed by atoms with van der Waals surface area (Å²) in [4.78, 5) is 3.88. The van der Waals surface area contributed by atoms with Gasteiger partial charge in [0.2, 0.25) is 0 Å². The van der Waals surface area contributed by atoms with Crippen LogP contribution in [-0.4, -0.2) is 9.38 Å². The third-order valence-corrected chi connectivity index (χ3v) is 1.27. The van der Waals surface area contributed by atoms with Crippen LogP contribution in [0.15, 0.2) is 29.1 Å². The summed E-state index contributed by atoms with van der Waals surface area (Å²) >= 11 is 0. The second-order valence-corrected chi connectivity index (χ2v) is 1.89. The molecule has 0 aliphatic rings. The molecule has 0 atom stereocenters. The third-order valence-electron chi connectivity index (χ3n) is 1.27. The summed E-state index contributed by atoms with van der Waals surface area (Å²) in [6, 6.07) is 1.60. The van der Waals surface area contributed by atoms with E-state index in [1.54, 1.807) is 22.9 Å². The van der Waals surface area contributed by atoms with E-state index in [0.29, 0.717) is 11.3 Å². The van der Waals surface area contributed by atoms with E-state index in [4.69, 9.17) is 9.83 Å². The maximum Gasteiger partial charge on any atom is 0.307 e. The Morgan fingerprint density at radius 1 is 1.60 bits per heavy atom. The van der Waals surface area contributed by atoms with Crippen molar-refractivity contribution in [1.29, 1.82) is 5.41 Å². The van der Waals surface area contributed by atoms with Gasteiger partial charge in [0, 0.05) is 6.20 Å². The van der Waals surface area contributed by atoms with Crippen LogP contribution in [0.25, 0.3) is 5.84 Å². The lowest BCUT2D eigenvalue weighted by atomic mass is 10.6. The highest BCUT2D eigenvalue weighted by Gasteiger charge is 1.92. The van der Waals surface area contributed by atoms with Gasteiger partial charge in [0.15, 0.2) is 0 Å². The van der Waals surface area contributed by atoms with Gasteiger partial charge in [-0.05, 0) is 6.07 Å². The zero-order valence-corrected chi connectivity index (χ0v) is 5.11. The van der Waals surface area contributed by atoms with Crippen molar-refractivity contribution in [3.05, 3.63) is 30.2 Å². The van der Waals surface area contributed by atoms with Crippen molar-refractivity contribution >= 4 is 5.84 Å². The first-order chi connectivity index (χ1) is 4.88. The van der Waals surface area contributed by atoms with Crippen LogP contribution in [0.1, 0.15) is 0 Å². The predicted molar refractivity (Wildman–Crippen MR) is 33.3 cm³/mol. The van der Waals surface area contributed by atoms with Crippen molar-refractivity contribution in [2.45, 2.75) is 0 Å². The van der Waals surface area contributed by atoms with Crippen LogP contribution in [0.5, 0.6) is 0 Å². The average molecular weight is 135 g/mol. The van der Waals surface area contributed by atoms with E-state index in [0.717, 1.165) is 0 Å². The monoisotopic (exact) mass is 135 g/mol. The zero-order chi connectivity index (χ0) is 6.97. The van der Waals surface area contributed by atoms with Crippen LogP contribution < -0.4 is 5.49 Å². The van der Waals surface area contributed by atoms with E-state index in [1.165, 1.54) is 6.26 Å². The quantitative estimate of drug-likeness (QED) is 0.568. The SMILES string of the molecule is N=c1ccnc2occn12. The van der Waals surface area contributed by atoms with E-state index >= 15 is 0 Å². The van der Waals surface area contributed by atoms with Crippen LogP contribution in [0, 0.1) is 5.41 Å². The summed E-state index contributed by atoms with van der Waals surface area (Å²) in [6.45, 7) is 0. The van der Waals surface area contributed by atoms with Crippen molar-refractivity contribution in [1.82, 2.24) is 9.38 Å². The third kappa shape index (κ3) is 0.556. The average Bonchev–Trinajstić information content (AvgIpc) is 2.36. The van der Waals surface area contributed by atoms with Gasteiger partial charge in [-0.2, -0.15) is 0 Å². The van der Waals surface area contributed by atoms with Gasteiger partial charge in [-0.1, -0.05) is 0 Å². The van der Waals surface area contributed by atoms with E-state index < -0.39 is 0 Å². The molecule has 0 saturated carbocycles. The number of nitrogens with one attached hydrogen (secondary N) is 1. The molecule has 10 heavy (non-hydrogen) atoms. The minimum atomic E-state index is 0.374. The Balaban J connectivity index is 3.09. The van der Waals surface area contributed by atoms with E-state index in [2.05, 4.69) is 4.98 Å². The Bertz CT molecular complexity index is 400. The van der Waals surface area contributed by atoms with Crippen LogP contribution in [0.2, 0.25) is 0 Å². The number of aromatic nitrogens is 2. The smallest absolute Gasteiger partial charge is 0.307 e. The molecule has 4 heteroatoms. The van der Waals surface area contributed by atoms with Gasteiger partial charge in [0.1, 0.15) is 11.8 Å². The first-order valence-electron chi connectivity index (χ1n) is 2.83. The number of hydrogen-bond acceptors (Lipinski definition) is 3. The molecular formula is C6H5N3O. The Morgan fingerprint density at radius 3 is 3.30 bits per heavy atom. The lowest BCUT2D eigenvalue weighted by molar-refractivity contribution is 0.589. The fourth-order valence-corrected chi connectivity index (χ4v) is 0.801. The Hall–Kier alpha value is -1.58. The topological polar surface area (TPSA) is 54.3 Å². The molecule has 1 N–H and O–H groups in total. The summed E-state index contributed by atoms with van der Waals surface area (Å²) in [5, 5.41) is 7.34. The Kier molecular flexibility index (Phi) is 0.887.